The van der Waals surface area contributed by atoms with Gasteiger partial charge in [-0.3, -0.25) is 9.58 Å². The number of benzene rings is 1. The third-order valence-electron chi connectivity index (χ3n) is 5.18. The summed E-state index contributed by atoms with van der Waals surface area (Å²) in [6, 6.07) is 9.32. The average molecular weight is 284 g/mol. The van der Waals surface area contributed by atoms with Crippen molar-refractivity contribution in [2.45, 2.75) is 31.8 Å². The fourth-order valence-electron chi connectivity index (χ4n) is 4.08. The Bertz CT molecular complexity index is 633. The molecular formula is C17H24N4. The Kier molecular flexibility index (Phi) is 3.43. The molecule has 1 aromatic carbocycles. The number of nitrogens with zero attached hydrogens (tertiary/aromatic N) is 3. The van der Waals surface area contributed by atoms with E-state index >= 15 is 0 Å². The van der Waals surface area contributed by atoms with Crippen LogP contribution in [-0.4, -0.2) is 40.4 Å². The minimum Gasteiger partial charge on any atom is -0.314 e. The second-order valence-electron chi connectivity index (χ2n) is 6.57. The summed E-state index contributed by atoms with van der Waals surface area (Å²) >= 11 is 0. The second kappa shape index (κ2) is 5.43. The molecule has 2 aliphatic rings. The van der Waals surface area contributed by atoms with E-state index in [9.17, 15) is 0 Å². The maximum absolute atomic E-state index is 4.75. The van der Waals surface area contributed by atoms with Crippen LogP contribution >= 0.6 is 0 Å². The van der Waals surface area contributed by atoms with Gasteiger partial charge in [0.25, 0.3) is 0 Å². The molecule has 0 radical (unpaired) electrons. The van der Waals surface area contributed by atoms with E-state index in [1.807, 2.05) is 11.7 Å². The van der Waals surface area contributed by atoms with Gasteiger partial charge in [-0.2, -0.15) is 5.10 Å². The molecule has 4 nitrogen and oxygen atoms in total. The lowest BCUT2D eigenvalue weighted by Crippen LogP contribution is -2.51. The van der Waals surface area contributed by atoms with Crippen LogP contribution in [0.15, 0.2) is 24.3 Å². The van der Waals surface area contributed by atoms with Crippen LogP contribution in [0.25, 0.3) is 10.9 Å². The first kappa shape index (κ1) is 13.3. The van der Waals surface area contributed by atoms with Crippen molar-refractivity contribution in [2.75, 3.05) is 19.6 Å². The van der Waals surface area contributed by atoms with Crippen LogP contribution in [0.5, 0.6) is 0 Å². The van der Waals surface area contributed by atoms with Gasteiger partial charge in [-0.15, -0.1) is 0 Å². The molecule has 4 rings (SSSR count). The summed E-state index contributed by atoms with van der Waals surface area (Å²) in [6.07, 6.45) is 4.01. The zero-order valence-electron chi connectivity index (χ0n) is 12.8. The van der Waals surface area contributed by atoms with Crippen molar-refractivity contribution in [1.82, 2.24) is 20.0 Å². The van der Waals surface area contributed by atoms with Crippen molar-refractivity contribution in [3.63, 3.8) is 0 Å². The summed E-state index contributed by atoms with van der Waals surface area (Å²) in [5, 5.41) is 9.75. The molecule has 2 aliphatic heterocycles. The van der Waals surface area contributed by atoms with E-state index in [-0.39, 0.29) is 0 Å². The molecule has 0 bridgehead atoms. The summed E-state index contributed by atoms with van der Waals surface area (Å²) in [4.78, 5) is 2.60. The average Bonchev–Trinajstić information content (AvgIpc) is 2.84. The molecule has 2 fully saturated rings. The highest BCUT2D eigenvalue weighted by molar-refractivity contribution is 5.81. The second-order valence-corrected chi connectivity index (χ2v) is 6.57. The van der Waals surface area contributed by atoms with Crippen LogP contribution in [0.2, 0.25) is 0 Å². The number of fused-ring (bicyclic) bond motifs is 2. The quantitative estimate of drug-likeness (QED) is 0.917. The van der Waals surface area contributed by atoms with Crippen LogP contribution < -0.4 is 5.32 Å². The summed E-state index contributed by atoms with van der Waals surface area (Å²) in [6.45, 7) is 4.62. The summed E-state index contributed by atoms with van der Waals surface area (Å²) in [5.41, 5.74) is 2.47. The lowest BCUT2D eigenvalue weighted by atomic mass is 9.85. The van der Waals surface area contributed by atoms with Crippen molar-refractivity contribution in [3.05, 3.63) is 30.0 Å². The Morgan fingerprint density at radius 1 is 1.29 bits per heavy atom. The van der Waals surface area contributed by atoms with Crippen molar-refractivity contribution in [1.29, 1.82) is 0 Å². The van der Waals surface area contributed by atoms with Gasteiger partial charge >= 0.3 is 0 Å². The first-order chi connectivity index (χ1) is 10.3. The monoisotopic (exact) mass is 284 g/mol. The Morgan fingerprint density at radius 2 is 2.19 bits per heavy atom. The summed E-state index contributed by atoms with van der Waals surface area (Å²) < 4.78 is 2.01. The Hall–Kier alpha value is -1.39. The number of hydrogen-bond acceptors (Lipinski definition) is 3. The molecule has 1 aromatic heterocycles. The number of para-hydroxylation sites is 1. The van der Waals surface area contributed by atoms with E-state index in [1.54, 1.807) is 0 Å². The van der Waals surface area contributed by atoms with Crippen LogP contribution in [0.4, 0.5) is 0 Å². The van der Waals surface area contributed by atoms with Crippen molar-refractivity contribution in [2.24, 2.45) is 13.0 Å². The molecular weight excluding hydrogens is 260 g/mol. The SMILES string of the molecule is Cn1nc(CN2CCC3NCCCC3C2)c2ccccc21. The molecule has 2 unspecified atom stereocenters. The van der Waals surface area contributed by atoms with Gasteiger partial charge in [0.2, 0.25) is 0 Å². The zero-order chi connectivity index (χ0) is 14.2. The van der Waals surface area contributed by atoms with E-state index in [1.165, 1.54) is 55.5 Å². The molecule has 0 spiro atoms. The van der Waals surface area contributed by atoms with Gasteiger partial charge < -0.3 is 5.32 Å². The number of aryl methyl sites for hydroxylation is 1. The highest BCUT2D eigenvalue weighted by Gasteiger charge is 2.31. The largest absolute Gasteiger partial charge is 0.314 e. The molecule has 0 saturated carbocycles. The predicted octanol–water partition coefficient (Wildman–Crippen LogP) is 2.15. The highest BCUT2D eigenvalue weighted by Crippen LogP contribution is 2.27. The minimum absolute atomic E-state index is 0.760. The molecule has 2 aromatic rings. The molecule has 1 N–H and O–H groups in total. The third kappa shape index (κ3) is 2.47. The van der Waals surface area contributed by atoms with Gasteiger partial charge in [0.15, 0.2) is 0 Å². The molecule has 2 saturated heterocycles. The molecule has 4 heteroatoms. The van der Waals surface area contributed by atoms with Crippen molar-refractivity contribution < 1.29 is 0 Å². The Balaban J connectivity index is 1.52. The molecule has 2 atom stereocenters. The maximum Gasteiger partial charge on any atom is 0.0843 e. The molecule has 3 heterocycles. The van der Waals surface area contributed by atoms with Gasteiger partial charge in [-0.25, -0.2) is 0 Å². The first-order valence-corrected chi connectivity index (χ1v) is 8.17. The van der Waals surface area contributed by atoms with Gasteiger partial charge in [-0.1, -0.05) is 18.2 Å². The summed E-state index contributed by atoms with van der Waals surface area (Å²) in [5.74, 6) is 0.836. The van der Waals surface area contributed by atoms with Crippen LogP contribution in [0.3, 0.4) is 0 Å². The molecule has 0 aliphatic carbocycles. The fourth-order valence-corrected chi connectivity index (χ4v) is 4.08. The lowest BCUT2D eigenvalue weighted by Gasteiger charge is -2.41. The highest BCUT2D eigenvalue weighted by atomic mass is 15.3. The predicted molar refractivity (Wildman–Crippen MR) is 85.1 cm³/mol. The van der Waals surface area contributed by atoms with E-state index in [0.29, 0.717) is 0 Å². The van der Waals surface area contributed by atoms with E-state index < -0.39 is 0 Å². The van der Waals surface area contributed by atoms with Gasteiger partial charge in [0, 0.05) is 38.1 Å². The van der Waals surface area contributed by atoms with E-state index in [0.717, 1.165) is 18.5 Å². The van der Waals surface area contributed by atoms with Crippen molar-refractivity contribution >= 4 is 10.9 Å². The zero-order valence-corrected chi connectivity index (χ0v) is 12.8. The van der Waals surface area contributed by atoms with E-state index in [4.69, 9.17) is 5.10 Å². The normalized spacial score (nSPS) is 26.9. The smallest absolute Gasteiger partial charge is 0.0843 e. The first-order valence-electron chi connectivity index (χ1n) is 8.17. The van der Waals surface area contributed by atoms with Crippen LogP contribution in [-0.2, 0) is 13.6 Å². The summed E-state index contributed by atoms with van der Waals surface area (Å²) in [7, 11) is 2.04. The molecule has 112 valence electrons. The number of aromatic nitrogens is 2. The van der Waals surface area contributed by atoms with E-state index in [2.05, 4.69) is 34.5 Å². The number of hydrogen-bond donors (Lipinski definition) is 1. The number of likely N-dealkylation sites (tertiary alicyclic amines) is 1. The maximum atomic E-state index is 4.75. The Labute approximate surface area is 126 Å². The van der Waals surface area contributed by atoms with Gasteiger partial charge in [0.1, 0.15) is 0 Å². The van der Waals surface area contributed by atoms with Gasteiger partial charge in [-0.05, 0) is 37.8 Å². The van der Waals surface area contributed by atoms with Crippen molar-refractivity contribution in [3.8, 4) is 0 Å². The standard InChI is InChI=1S/C17H24N4/c1-20-17-7-3-2-6-14(17)16(19-20)12-21-10-8-15-13(11-21)5-4-9-18-15/h2-3,6-7,13,15,18H,4-5,8-12H2,1H3. The molecule has 21 heavy (non-hydrogen) atoms. The topological polar surface area (TPSA) is 33.1 Å². The number of rotatable bonds is 2. The molecule has 0 amide bonds. The Morgan fingerprint density at radius 3 is 3.14 bits per heavy atom. The lowest BCUT2D eigenvalue weighted by molar-refractivity contribution is 0.108. The van der Waals surface area contributed by atoms with Gasteiger partial charge in [0.05, 0.1) is 11.2 Å². The van der Waals surface area contributed by atoms with Crippen LogP contribution in [0.1, 0.15) is 25.0 Å². The minimum atomic E-state index is 0.760. The number of piperidine rings is 2. The third-order valence-corrected chi connectivity index (χ3v) is 5.18. The fraction of sp³-hybridized carbons (Fsp3) is 0.588. The van der Waals surface area contributed by atoms with Crippen LogP contribution in [0, 0.1) is 5.92 Å². The number of nitrogens with one attached hydrogen (secondary N) is 1.